The summed E-state index contributed by atoms with van der Waals surface area (Å²) >= 11 is 0. The third-order valence-electron chi connectivity index (χ3n) is 4.01. The summed E-state index contributed by atoms with van der Waals surface area (Å²) in [5.74, 6) is -0.370. The Kier molecular flexibility index (Phi) is 4.42. The van der Waals surface area contributed by atoms with Gasteiger partial charge in [-0.05, 0) is 66.3 Å². The van der Waals surface area contributed by atoms with Crippen LogP contribution in [-0.2, 0) is 23.8 Å². The van der Waals surface area contributed by atoms with Crippen LogP contribution in [0.5, 0.6) is 0 Å². The molecule has 0 unspecified atom stereocenters. The number of anilines is 1. The van der Waals surface area contributed by atoms with Crippen molar-refractivity contribution in [1.29, 1.82) is 0 Å². The highest BCUT2D eigenvalue weighted by Gasteiger charge is 2.30. The van der Waals surface area contributed by atoms with Crippen molar-refractivity contribution >= 4 is 17.7 Å². The van der Waals surface area contributed by atoms with Gasteiger partial charge in [0, 0.05) is 11.8 Å². The van der Waals surface area contributed by atoms with Crippen LogP contribution in [0.25, 0.3) is 6.08 Å². The van der Waals surface area contributed by atoms with Gasteiger partial charge in [0.2, 0.25) is 5.91 Å². The second-order valence-corrected chi connectivity index (χ2v) is 5.78. The number of carbonyl (C=O) groups excluding carboxylic acids is 1. The normalized spacial score (nSPS) is 14.0. The SMILES string of the molecule is O=C(C=Cc1cccc(C(F)(F)F)c1)Nc1ccc2c(c1)CCC2. The number of hydrogen-bond donors (Lipinski definition) is 1. The fourth-order valence-corrected chi connectivity index (χ4v) is 2.82. The molecule has 0 fully saturated rings. The van der Waals surface area contributed by atoms with Crippen molar-refractivity contribution in [3.8, 4) is 0 Å². The monoisotopic (exact) mass is 331 g/mol. The minimum absolute atomic E-state index is 0.328. The second-order valence-electron chi connectivity index (χ2n) is 5.78. The maximum absolute atomic E-state index is 12.7. The average molecular weight is 331 g/mol. The number of hydrogen-bond acceptors (Lipinski definition) is 1. The lowest BCUT2D eigenvalue weighted by Gasteiger charge is -2.07. The van der Waals surface area contributed by atoms with Gasteiger partial charge in [0.1, 0.15) is 0 Å². The summed E-state index contributed by atoms with van der Waals surface area (Å²) in [5.41, 5.74) is 2.86. The van der Waals surface area contributed by atoms with E-state index in [4.69, 9.17) is 0 Å². The Hall–Kier alpha value is -2.56. The highest BCUT2D eigenvalue weighted by atomic mass is 19.4. The fraction of sp³-hybridized carbons (Fsp3) is 0.211. The number of fused-ring (bicyclic) bond motifs is 1. The first-order valence-corrected chi connectivity index (χ1v) is 7.70. The molecule has 0 aromatic heterocycles. The van der Waals surface area contributed by atoms with Crippen LogP contribution >= 0.6 is 0 Å². The minimum Gasteiger partial charge on any atom is -0.323 e. The molecule has 0 aliphatic heterocycles. The van der Waals surface area contributed by atoms with Crippen molar-refractivity contribution in [2.24, 2.45) is 0 Å². The van der Waals surface area contributed by atoms with Crippen LogP contribution in [0.4, 0.5) is 18.9 Å². The van der Waals surface area contributed by atoms with Gasteiger partial charge in [-0.1, -0.05) is 18.2 Å². The van der Waals surface area contributed by atoms with Crippen LogP contribution in [-0.4, -0.2) is 5.91 Å². The van der Waals surface area contributed by atoms with E-state index in [-0.39, 0.29) is 5.91 Å². The van der Waals surface area contributed by atoms with Crippen molar-refractivity contribution in [3.63, 3.8) is 0 Å². The average Bonchev–Trinajstić information content (AvgIpc) is 3.00. The topological polar surface area (TPSA) is 29.1 Å². The lowest BCUT2D eigenvalue weighted by Crippen LogP contribution is -2.08. The smallest absolute Gasteiger partial charge is 0.323 e. The maximum atomic E-state index is 12.7. The Labute approximate surface area is 138 Å². The van der Waals surface area contributed by atoms with Crippen molar-refractivity contribution in [1.82, 2.24) is 0 Å². The van der Waals surface area contributed by atoms with E-state index >= 15 is 0 Å². The standard InChI is InChI=1S/C19H16F3NO/c20-19(21,22)16-6-1-3-13(11-16)7-10-18(24)23-17-9-8-14-4-2-5-15(14)12-17/h1,3,6-12H,2,4-5H2,(H,23,24). The van der Waals surface area contributed by atoms with Crippen molar-refractivity contribution in [2.75, 3.05) is 5.32 Å². The van der Waals surface area contributed by atoms with Crippen LogP contribution < -0.4 is 5.32 Å². The lowest BCUT2D eigenvalue weighted by molar-refractivity contribution is -0.137. The molecule has 3 rings (SSSR count). The molecular weight excluding hydrogens is 315 g/mol. The van der Waals surface area contributed by atoms with Crippen molar-refractivity contribution < 1.29 is 18.0 Å². The molecule has 1 amide bonds. The molecule has 1 N–H and O–H groups in total. The van der Waals surface area contributed by atoms with E-state index in [1.807, 2.05) is 18.2 Å². The zero-order valence-corrected chi connectivity index (χ0v) is 12.9. The first-order valence-electron chi connectivity index (χ1n) is 7.70. The highest BCUT2D eigenvalue weighted by Crippen LogP contribution is 2.29. The number of alkyl halides is 3. The number of amides is 1. The molecule has 0 heterocycles. The second kappa shape index (κ2) is 6.51. The van der Waals surface area contributed by atoms with Gasteiger partial charge in [-0.3, -0.25) is 4.79 Å². The Morgan fingerprint density at radius 1 is 1.04 bits per heavy atom. The molecule has 2 aromatic rings. The summed E-state index contributed by atoms with van der Waals surface area (Å²) in [6.07, 6.45) is 1.43. The molecule has 0 spiro atoms. The van der Waals surface area contributed by atoms with Gasteiger partial charge in [-0.2, -0.15) is 13.2 Å². The minimum atomic E-state index is -4.39. The van der Waals surface area contributed by atoms with Gasteiger partial charge in [0.05, 0.1) is 5.56 Å². The molecule has 0 radical (unpaired) electrons. The van der Waals surface area contributed by atoms with E-state index in [2.05, 4.69) is 5.32 Å². The zero-order valence-electron chi connectivity index (χ0n) is 12.9. The van der Waals surface area contributed by atoms with Gasteiger partial charge in [-0.15, -0.1) is 0 Å². The first-order chi connectivity index (χ1) is 11.4. The molecule has 1 aliphatic rings. The van der Waals surface area contributed by atoms with Crippen LogP contribution in [0.2, 0.25) is 0 Å². The third kappa shape index (κ3) is 3.85. The van der Waals surface area contributed by atoms with Crippen LogP contribution in [0, 0.1) is 0 Å². The van der Waals surface area contributed by atoms with E-state index in [1.54, 1.807) is 0 Å². The van der Waals surface area contributed by atoms with Gasteiger partial charge in [0.25, 0.3) is 0 Å². The number of carbonyl (C=O) groups is 1. The van der Waals surface area contributed by atoms with Crippen LogP contribution in [0.15, 0.2) is 48.5 Å². The molecule has 5 heteroatoms. The van der Waals surface area contributed by atoms with E-state index in [9.17, 15) is 18.0 Å². The molecule has 0 saturated carbocycles. The van der Waals surface area contributed by atoms with Crippen molar-refractivity contribution in [2.45, 2.75) is 25.4 Å². The summed E-state index contributed by atoms with van der Waals surface area (Å²) in [7, 11) is 0. The zero-order chi connectivity index (χ0) is 17.2. The van der Waals surface area contributed by atoms with Gasteiger partial charge >= 0.3 is 6.18 Å². The fourth-order valence-electron chi connectivity index (χ4n) is 2.82. The van der Waals surface area contributed by atoms with Gasteiger partial charge < -0.3 is 5.32 Å². The number of rotatable bonds is 3. The molecule has 2 aromatic carbocycles. The Bertz CT molecular complexity index is 793. The van der Waals surface area contributed by atoms with E-state index < -0.39 is 11.7 Å². The maximum Gasteiger partial charge on any atom is 0.416 e. The summed E-state index contributed by atoms with van der Waals surface area (Å²) in [6.45, 7) is 0. The molecule has 0 atom stereocenters. The molecule has 2 nitrogen and oxygen atoms in total. The number of benzene rings is 2. The van der Waals surface area contributed by atoms with Crippen LogP contribution in [0.1, 0.15) is 28.7 Å². The first kappa shape index (κ1) is 16.3. The molecule has 1 aliphatic carbocycles. The van der Waals surface area contributed by atoms with Gasteiger partial charge in [0.15, 0.2) is 0 Å². The third-order valence-corrected chi connectivity index (χ3v) is 4.01. The predicted molar refractivity (Wildman–Crippen MR) is 87.6 cm³/mol. The van der Waals surface area contributed by atoms with E-state index in [0.29, 0.717) is 11.3 Å². The van der Waals surface area contributed by atoms with Crippen LogP contribution in [0.3, 0.4) is 0 Å². The Morgan fingerprint density at radius 2 is 1.83 bits per heavy atom. The van der Waals surface area contributed by atoms with E-state index in [0.717, 1.165) is 31.4 Å². The number of halogens is 3. The number of aryl methyl sites for hydroxylation is 2. The molecular formula is C19H16F3NO. The predicted octanol–water partition coefficient (Wildman–Crippen LogP) is 4.85. The summed E-state index contributed by atoms with van der Waals surface area (Å²) in [4.78, 5) is 11.9. The Balaban J connectivity index is 1.67. The highest BCUT2D eigenvalue weighted by molar-refractivity contribution is 6.02. The quantitative estimate of drug-likeness (QED) is 0.801. The van der Waals surface area contributed by atoms with Gasteiger partial charge in [-0.25, -0.2) is 0 Å². The molecule has 0 bridgehead atoms. The molecule has 0 saturated heterocycles. The summed E-state index contributed by atoms with van der Waals surface area (Å²) in [6, 6.07) is 10.7. The number of nitrogens with one attached hydrogen (secondary N) is 1. The largest absolute Gasteiger partial charge is 0.416 e. The Morgan fingerprint density at radius 3 is 2.62 bits per heavy atom. The molecule has 24 heavy (non-hydrogen) atoms. The molecule has 124 valence electrons. The van der Waals surface area contributed by atoms with Crippen molar-refractivity contribution in [3.05, 3.63) is 70.8 Å². The van der Waals surface area contributed by atoms with E-state index in [1.165, 1.54) is 35.4 Å². The summed E-state index contributed by atoms with van der Waals surface area (Å²) in [5, 5.41) is 2.74. The summed E-state index contributed by atoms with van der Waals surface area (Å²) < 4.78 is 38.0. The lowest BCUT2D eigenvalue weighted by atomic mass is 10.1.